The topological polar surface area (TPSA) is 83.1 Å². The highest BCUT2D eigenvalue weighted by molar-refractivity contribution is 7.09. The highest BCUT2D eigenvalue weighted by atomic mass is 32.1. The van der Waals surface area contributed by atoms with Gasteiger partial charge in [0.1, 0.15) is 5.01 Å². The van der Waals surface area contributed by atoms with Crippen LogP contribution in [0, 0.1) is 20.8 Å². The first kappa shape index (κ1) is 20.5. The molecule has 0 saturated heterocycles. The molecule has 0 radical (unpaired) electrons. The van der Waals surface area contributed by atoms with Gasteiger partial charge in [-0.1, -0.05) is 48.0 Å². The highest BCUT2D eigenvalue weighted by Crippen LogP contribution is 2.22. The third kappa shape index (κ3) is 5.65. The summed E-state index contributed by atoms with van der Waals surface area (Å²) in [5.74, 6) is -0.268. The number of nitrogens with zero attached hydrogens (tertiary/aromatic N) is 1. The van der Waals surface area contributed by atoms with E-state index in [1.807, 2.05) is 68.6 Å². The number of carbonyl (C=O) groups excluding carboxylic acids is 2. The number of amides is 3. The smallest absolute Gasteiger partial charge is 0.315 e. The third-order valence-corrected chi connectivity index (χ3v) is 5.22. The second-order valence-electron chi connectivity index (χ2n) is 6.85. The molecule has 0 aliphatic heterocycles. The summed E-state index contributed by atoms with van der Waals surface area (Å²) in [6.45, 7) is 6.12. The van der Waals surface area contributed by atoms with Crippen LogP contribution in [0.5, 0.6) is 0 Å². The lowest BCUT2D eigenvalue weighted by Crippen LogP contribution is -2.39. The number of carbonyl (C=O) groups is 2. The highest BCUT2D eigenvalue weighted by Gasteiger charge is 2.10. The molecule has 3 N–H and O–H groups in total. The molecule has 150 valence electrons. The number of benzene rings is 2. The Labute approximate surface area is 174 Å². The van der Waals surface area contributed by atoms with Gasteiger partial charge in [-0.3, -0.25) is 4.79 Å². The number of aromatic nitrogens is 1. The summed E-state index contributed by atoms with van der Waals surface area (Å²) in [5.41, 5.74) is 5.86. The lowest BCUT2D eigenvalue weighted by Gasteiger charge is -2.13. The maximum atomic E-state index is 12.2. The Morgan fingerprint density at radius 3 is 2.38 bits per heavy atom. The largest absolute Gasteiger partial charge is 0.332 e. The molecule has 3 amide bonds. The summed E-state index contributed by atoms with van der Waals surface area (Å²) in [6, 6.07) is 13.5. The van der Waals surface area contributed by atoms with E-state index in [0.29, 0.717) is 6.54 Å². The van der Waals surface area contributed by atoms with Crippen molar-refractivity contribution in [3.05, 3.63) is 69.5 Å². The van der Waals surface area contributed by atoms with Crippen LogP contribution in [0.25, 0.3) is 11.3 Å². The number of thiazole rings is 1. The lowest BCUT2D eigenvalue weighted by molar-refractivity contribution is -0.115. The summed E-state index contributed by atoms with van der Waals surface area (Å²) in [4.78, 5) is 28.7. The maximum absolute atomic E-state index is 12.2. The first-order chi connectivity index (χ1) is 13.9. The van der Waals surface area contributed by atoms with Crippen molar-refractivity contribution >= 4 is 29.0 Å². The fraction of sp³-hybridized carbons (Fsp3) is 0.227. The van der Waals surface area contributed by atoms with Crippen molar-refractivity contribution in [3.8, 4) is 11.3 Å². The van der Waals surface area contributed by atoms with Crippen molar-refractivity contribution in [1.82, 2.24) is 15.6 Å². The Bertz CT molecular complexity index is 992. The Morgan fingerprint density at radius 1 is 1.00 bits per heavy atom. The Balaban J connectivity index is 1.46. The number of nitrogens with one attached hydrogen (secondary N) is 3. The molecule has 7 heteroatoms. The van der Waals surface area contributed by atoms with Gasteiger partial charge in [-0.25, -0.2) is 9.78 Å². The molecule has 6 nitrogen and oxygen atoms in total. The first-order valence-corrected chi connectivity index (χ1v) is 10.2. The summed E-state index contributed by atoms with van der Waals surface area (Å²) < 4.78 is 0. The standard InChI is InChI=1S/C22H24N4O2S/c1-14-9-15(2)21(16(3)10-14)26-19(27)11-23-22(28)24-12-20-25-18(13-29-20)17-7-5-4-6-8-17/h4-10,13H,11-12H2,1-3H3,(H,26,27)(H2,23,24,28). The number of aryl methyl sites for hydroxylation is 3. The summed E-state index contributed by atoms with van der Waals surface area (Å²) >= 11 is 1.48. The van der Waals surface area contributed by atoms with Crippen LogP contribution >= 0.6 is 11.3 Å². The van der Waals surface area contributed by atoms with E-state index in [4.69, 9.17) is 0 Å². The molecule has 1 aromatic heterocycles. The molecular weight excluding hydrogens is 384 g/mol. The number of hydrogen-bond acceptors (Lipinski definition) is 4. The Hall–Kier alpha value is -3.19. The summed E-state index contributed by atoms with van der Waals surface area (Å²) in [5, 5.41) is 10.9. The molecule has 0 fully saturated rings. The Kier molecular flexibility index (Phi) is 6.61. The Morgan fingerprint density at radius 2 is 1.69 bits per heavy atom. The zero-order valence-electron chi connectivity index (χ0n) is 16.7. The van der Waals surface area contributed by atoms with Gasteiger partial charge in [0.05, 0.1) is 18.8 Å². The normalized spacial score (nSPS) is 10.4. The van der Waals surface area contributed by atoms with E-state index in [1.54, 1.807) is 0 Å². The zero-order chi connectivity index (χ0) is 20.8. The molecular formula is C22H24N4O2S. The van der Waals surface area contributed by atoms with Crippen molar-refractivity contribution in [1.29, 1.82) is 0 Å². The molecule has 0 saturated carbocycles. The molecule has 0 atom stereocenters. The van der Waals surface area contributed by atoms with Gasteiger partial charge in [-0.05, 0) is 31.9 Å². The molecule has 29 heavy (non-hydrogen) atoms. The van der Waals surface area contributed by atoms with Crippen molar-refractivity contribution in [3.63, 3.8) is 0 Å². The van der Waals surface area contributed by atoms with Gasteiger partial charge >= 0.3 is 6.03 Å². The fourth-order valence-electron chi connectivity index (χ4n) is 3.07. The number of anilines is 1. The van der Waals surface area contributed by atoms with Crippen molar-refractivity contribution in [2.24, 2.45) is 0 Å². The van der Waals surface area contributed by atoms with Gasteiger partial charge < -0.3 is 16.0 Å². The predicted molar refractivity (Wildman–Crippen MR) is 117 cm³/mol. The monoisotopic (exact) mass is 408 g/mol. The van der Waals surface area contributed by atoms with E-state index in [2.05, 4.69) is 20.9 Å². The molecule has 0 aliphatic carbocycles. The minimum absolute atomic E-state index is 0.105. The van der Waals surface area contributed by atoms with Crippen LogP contribution in [0.1, 0.15) is 21.7 Å². The summed E-state index contributed by atoms with van der Waals surface area (Å²) in [7, 11) is 0. The number of rotatable bonds is 6. The molecule has 0 aliphatic rings. The zero-order valence-corrected chi connectivity index (χ0v) is 17.5. The minimum atomic E-state index is -0.408. The van der Waals surface area contributed by atoms with Gasteiger partial charge in [-0.15, -0.1) is 11.3 Å². The van der Waals surface area contributed by atoms with Crippen LogP contribution in [0.15, 0.2) is 47.8 Å². The van der Waals surface area contributed by atoms with Crippen molar-refractivity contribution in [2.45, 2.75) is 27.3 Å². The second-order valence-corrected chi connectivity index (χ2v) is 7.79. The van der Waals surface area contributed by atoms with Gasteiger partial charge in [0.25, 0.3) is 0 Å². The average Bonchev–Trinajstić information content (AvgIpc) is 3.17. The maximum Gasteiger partial charge on any atom is 0.315 e. The molecule has 2 aromatic carbocycles. The fourth-order valence-corrected chi connectivity index (χ4v) is 3.82. The molecule has 0 unspecified atom stereocenters. The molecule has 0 bridgehead atoms. The van der Waals surface area contributed by atoms with Gasteiger partial charge in [0, 0.05) is 16.6 Å². The van der Waals surface area contributed by atoms with Crippen LogP contribution in [0.4, 0.5) is 10.5 Å². The quantitative estimate of drug-likeness (QED) is 0.572. The van der Waals surface area contributed by atoms with Gasteiger partial charge in [-0.2, -0.15) is 0 Å². The minimum Gasteiger partial charge on any atom is -0.332 e. The molecule has 0 spiro atoms. The van der Waals surface area contributed by atoms with E-state index in [0.717, 1.165) is 38.6 Å². The first-order valence-electron chi connectivity index (χ1n) is 9.31. The lowest BCUT2D eigenvalue weighted by atomic mass is 10.1. The predicted octanol–water partition coefficient (Wildman–Crippen LogP) is 4.17. The van der Waals surface area contributed by atoms with E-state index in [1.165, 1.54) is 11.3 Å². The van der Waals surface area contributed by atoms with Crippen LogP contribution in [-0.4, -0.2) is 23.5 Å². The van der Waals surface area contributed by atoms with E-state index >= 15 is 0 Å². The van der Waals surface area contributed by atoms with Crippen LogP contribution in [0.2, 0.25) is 0 Å². The number of hydrogen-bond donors (Lipinski definition) is 3. The average molecular weight is 409 g/mol. The number of urea groups is 1. The molecule has 3 rings (SSSR count). The van der Waals surface area contributed by atoms with Gasteiger partial charge in [0.2, 0.25) is 5.91 Å². The van der Waals surface area contributed by atoms with Crippen LogP contribution < -0.4 is 16.0 Å². The summed E-state index contributed by atoms with van der Waals surface area (Å²) in [6.07, 6.45) is 0. The van der Waals surface area contributed by atoms with E-state index in [-0.39, 0.29) is 12.5 Å². The molecule has 1 heterocycles. The van der Waals surface area contributed by atoms with Crippen LogP contribution in [-0.2, 0) is 11.3 Å². The third-order valence-electron chi connectivity index (χ3n) is 4.37. The SMILES string of the molecule is Cc1cc(C)c(NC(=O)CNC(=O)NCc2nc(-c3ccccc3)cs2)c(C)c1. The van der Waals surface area contributed by atoms with E-state index in [9.17, 15) is 9.59 Å². The van der Waals surface area contributed by atoms with Crippen molar-refractivity contribution < 1.29 is 9.59 Å². The second kappa shape index (κ2) is 9.34. The van der Waals surface area contributed by atoms with Crippen LogP contribution in [0.3, 0.4) is 0 Å². The van der Waals surface area contributed by atoms with E-state index < -0.39 is 6.03 Å². The molecule has 3 aromatic rings. The van der Waals surface area contributed by atoms with Gasteiger partial charge in [0.15, 0.2) is 0 Å². The van der Waals surface area contributed by atoms with Crippen molar-refractivity contribution in [2.75, 3.05) is 11.9 Å².